The third kappa shape index (κ3) is 7.05. The fourth-order valence-corrected chi connectivity index (χ4v) is 6.24. The van der Waals surface area contributed by atoms with E-state index < -0.39 is 6.04 Å². The van der Waals surface area contributed by atoms with E-state index in [4.69, 9.17) is 24.3 Å². The lowest BCUT2D eigenvalue weighted by molar-refractivity contribution is -0.113. The Bertz CT molecular complexity index is 1640. The molecule has 2 N–H and O–H groups in total. The molecule has 1 aliphatic rings. The van der Waals surface area contributed by atoms with Gasteiger partial charge in [-0.3, -0.25) is 4.79 Å². The van der Waals surface area contributed by atoms with Crippen molar-refractivity contribution in [2.45, 2.75) is 44.8 Å². The number of aromatic nitrogens is 3. The van der Waals surface area contributed by atoms with Crippen LogP contribution in [0.3, 0.4) is 0 Å². The van der Waals surface area contributed by atoms with Gasteiger partial charge in [0.2, 0.25) is 11.1 Å². The zero-order chi connectivity index (χ0) is 31.1. The first-order valence-corrected chi connectivity index (χ1v) is 16.4. The van der Waals surface area contributed by atoms with Gasteiger partial charge in [-0.15, -0.1) is 5.10 Å². The van der Waals surface area contributed by atoms with Crippen LogP contribution >= 0.6 is 27.7 Å². The average Bonchev–Trinajstić information content (AvgIpc) is 3.43. The van der Waals surface area contributed by atoms with Gasteiger partial charge in [-0.2, -0.15) is 4.98 Å². The van der Waals surface area contributed by atoms with Gasteiger partial charge in [0.05, 0.1) is 36.1 Å². The number of rotatable bonds is 13. The fraction of sp³-hybridized carbons (Fsp3) is 0.303. The van der Waals surface area contributed by atoms with Gasteiger partial charge in [-0.1, -0.05) is 61.2 Å². The first kappa shape index (κ1) is 31.5. The number of hydrogen-bond acceptors (Lipinski definition) is 8. The van der Waals surface area contributed by atoms with Gasteiger partial charge in [0.1, 0.15) is 11.8 Å². The van der Waals surface area contributed by atoms with Crippen LogP contribution in [0.2, 0.25) is 0 Å². The van der Waals surface area contributed by atoms with E-state index in [2.05, 4.69) is 45.6 Å². The molecular formula is C33H36BrN5O4S. The molecule has 0 radical (unpaired) electrons. The summed E-state index contributed by atoms with van der Waals surface area (Å²) in [6.07, 6.45) is 1.74. The van der Waals surface area contributed by atoms with Crippen LogP contribution in [0.25, 0.3) is 0 Å². The zero-order valence-electron chi connectivity index (χ0n) is 25.2. The van der Waals surface area contributed by atoms with Crippen LogP contribution in [0.4, 0.5) is 11.6 Å². The Morgan fingerprint density at radius 1 is 1.07 bits per heavy atom. The van der Waals surface area contributed by atoms with E-state index in [-0.39, 0.29) is 5.91 Å². The number of hydrogen-bond donors (Lipinski definition) is 2. The summed E-state index contributed by atoms with van der Waals surface area (Å²) in [6, 6.07) is 20.8. The van der Waals surface area contributed by atoms with Crippen molar-refractivity contribution in [3.63, 3.8) is 0 Å². The molecule has 0 saturated carbocycles. The Hall–Kier alpha value is -3.96. The fourth-order valence-electron chi connectivity index (χ4n) is 4.98. The number of carbonyl (C=O) groups excluding carboxylic acids is 1. The third-order valence-electron chi connectivity index (χ3n) is 7.00. The largest absolute Gasteiger partial charge is 0.493 e. The topological polar surface area (TPSA) is 99.5 Å². The Kier molecular flexibility index (Phi) is 10.5. The first-order valence-electron chi connectivity index (χ1n) is 14.6. The number of methoxy groups -OCH3 is 1. The second kappa shape index (κ2) is 14.7. The van der Waals surface area contributed by atoms with E-state index in [1.54, 1.807) is 23.6 Å². The standard InChI is InChI=1S/C33H36BrN5O4S/c1-5-18-44-33-37-32-35-21(3)28(31(40)36-25-14-10-11-15-26(25)42-6-2)29(39(32)38-33)23-19-24(34)30(27(20-23)41-4)43-17-16-22-12-8-7-9-13-22/h7-15,19-20,29H,5-6,16-18H2,1-4H3,(H,36,40)(H,35,37,38). The smallest absolute Gasteiger partial charge is 0.255 e. The molecule has 0 spiro atoms. The van der Waals surface area contributed by atoms with Gasteiger partial charge in [-0.05, 0) is 71.6 Å². The monoisotopic (exact) mass is 677 g/mol. The molecule has 1 amide bonds. The summed E-state index contributed by atoms with van der Waals surface area (Å²) in [7, 11) is 1.61. The number of carbonyl (C=O) groups is 1. The SMILES string of the molecule is CCCSc1nc2n(n1)C(c1cc(Br)c(OCCc3ccccc3)c(OC)c1)C(C(=O)Nc1ccccc1OCC)=C(C)N2. The van der Waals surface area contributed by atoms with Crippen LogP contribution in [0.5, 0.6) is 17.2 Å². The molecular weight excluding hydrogens is 642 g/mol. The predicted molar refractivity (Wildman–Crippen MR) is 178 cm³/mol. The number of nitrogens with zero attached hydrogens (tertiary/aromatic N) is 3. The van der Waals surface area contributed by atoms with Gasteiger partial charge in [0, 0.05) is 17.9 Å². The molecule has 2 heterocycles. The third-order valence-corrected chi connectivity index (χ3v) is 8.63. The summed E-state index contributed by atoms with van der Waals surface area (Å²) in [5.41, 5.74) is 3.72. The van der Waals surface area contributed by atoms with Crippen LogP contribution in [-0.4, -0.2) is 46.7 Å². The van der Waals surface area contributed by atoms with Gasteiger partial charge >= 0.3 is 0 Å². The van der Waals surface area contributed by atoms with Crippen LogP contribution < -0.4 is 24.8 Å². The number of fused-ring (bicyclic) bond motifs is 1. The summed E-state index contributed by atoms with van der Waals surface area (Å²) < 4.78 is 20.3. The summed E-state index contributed by atoms with van der Waals surface area (Å²) in [5, 5.41) is 11.9. The summed E-state index contributed by atoms with van der Waals surface area (Å²) in [6.45, 7) is 6.86. The number of amides is 1. The Labute approximate surface area is 270 Å². The molecule has 0 fully saturated rings. The maximum atomic E-state index is 14.1. The van der Waals surface area contributed by atoms with Gasteiger partial charge < -0.3 is 24.8 Å². The Balaban J connectivity index is 1.52. The van der Waals surface area contributed by atoms with Crippen molar-refractivity contribution in [1.82, 2.24) is 14.8 Å². The molecule has 1 unspecified atom stereocenters. The number of benzene rings is 3. The molecule has 9 nitrogen and oxygen atoms in total. The number of thioether (sulfide) groups is 1. The number of ether oxygens (including phenoxy) is 3. The molecule has 0 bridgehead atoms. The maximum Gasteiger partial charge on any atom is 0.255 e. The van der Waals surface area contributed by atoms with E-state index in [1.807, 2.05) is 68.4 Å². The van der Waals surface area contributed by atoms with Crippen LogP contribution in [0.1, 0.15) is 44.4 Å². The number of allylic oxidation sites excluding steroid dienone is 1. The van der Waals surface area contributed by atoms with Crippen molar-refractivity contribution < 1.29 is 19.0 Å². The van der Waals surface area contributed by atoms with Crippen molar-refractivity contribution in [1.29, 1.82) is 0 Å². The molecule has 4 aromatic rings. The highest BCUT2D eigenvalue weighted by Crippen LogP contribution is 2.43. The first-order chi connectivity index (χ1) is 21.4. The quantitative estimate of drug-likeness (QED) is 0.140. The Morgan fingerprint density at radius 2 is 1.84 bits per heavy atom. The van der Waals surface area contributed by atoms with Crippen LogP contribution in [-0.2, 0) is 11.2 Å². The molecule has 1 atom stereocenters. The normalized spacial score (nSPS) is 14.1. The number of anilines is 2. The van der Waals surface area contributed by atoms with E-state index in [0.29, 0.717) is 63.0 Å². The van der Waals surface area contributed by atoms with Crippen molar-refractivity contribution in [3.8, 4) is 17.2 Å². The minimum Gasteiger partial charge on any atom is -0.493 e. The minimum absolute atomic E-state index is 0.283. The molecule has 1 aliphatic heterocycles. The number of para-hydroxylation sites is 2. The van der Waals surface area contributed by atoms with E-state index in [9.17, 15) is 4.79 Å². The maximum absolute atomic E-state index is 14.1. The van der Waals surface area contributed by atoms with Gasteiger partial charge in [0.15, 0.2) is 11.5 Å². The van der Waals surface area contributed by atoms with Gasteiger partial charge in [-0.25, -0.2) is 4.68 Å². The zero-order valence-corrected chi connectivity index (χ0v) is 27.6. The van der Waals surface area contributed by atoms with E-state index in [1.165, 1.54) is 5.56 Å². The lowest BCUT2D eigenvalue weighted by Gasteiger charge is -2.29. The van der Waals surface area contributed by atoms with Crippen LogP contribution in [0, 0.1) is 0 Å². The molecule has 11 heteroatoms. The van der Waals surface area contributed by atoms with Crippen molar-refractivity contribution in [3.05, 3.63) is 93.6 Å². The van der Waals surface area contributed by atoms with Gasteiger partial charge in [0.25, 0.3) is 5.91 Å². The molecule has 3 aromatic carbocycles. The second-order valence-electron chi connectivity index (χ2n) is 10.1. The minimum atomic E-state index is -0.599. The summed E-state index contributed by atoms with van der Waals surface area (Å²) >= 11 is 5.30. The molecule has 5 rings (SSSR count). The highest BCUT2D eigenvalue weighted by molar-refractivity contribution is 9.10. The molecule has 1 aromatic heterocycles. The highest BCUT2D eigenvalue weighted by Gasteiger charge is 2.35. The molecule has 0 aliphatic carbocycles. The van der Waals surface area contributed by atoms with Crippen molar-refractivity contribution in [2.75, 3.05) is 36.7 Å². The predicted octanol–water partition coefficient (Wildman–Crippen LogP) is 7.50. The average molecular weight is 679 g/mol. The van der Waals surface area contributed by atoms with Crippen molar-refractivity contribution in [2.24, 2.45) is 0 Å². The number of halogens is 1. The molecule has 0 saturated heterocycles. The van der Waals surface area contributed by atoms with Crippen molar-refractivity contribution >= 4 is 45.2 Å². The Morgan fingerprint density at radius 3 is 2.59 bits per heavy atom. The lowest BCUT2D eigenvalue weighted by Crippen LogP contribution is -2.31. The van der Waals surface area contributed by atoms with E-state index in [0.717, 1.165) is 24.2 Å². The van der Waals surface area contributed by atoms with Crippen LogP contribution in [0.15, 0.2) is 87.6 Å². The summed E-state index contributed by atoms with van der Waals surface area (Å²) in [4.78, 5) is 18.8. The number of nitrogens with one attached hydrogen (secondary N) is 2. The van der Waals surface area contributed by atoms with E-state index >= 15 is 0 Å². The highest BCUT2D eigenvalue weighted by atomic mass is 79.9. The molecule has 230 valence electrons. The molecule has 44 heavy (non-hydrogen) atoms. The lowest BCUT2D eigenvalue weighted by atomic mass is 9.94. The second-order valence-corrected chi connectivity index (χ2v) is 12.0. The summed E-state index contributed by atoms with van der Waals surface area (Å²) in [5.74, 6) is 2.91.